The van der Waals surface area contributed by atoms with Crippen molar-refractivity contribution < 1.29 is 5.11 Å². The van der Waals surface area contributed by atoms with E-state index < -0.39 is 0 Å². The fourth-order valence-electron chi connectivity index (χ4n) is 1.57. The van der Waals surface area contributed by atoms with Gasteiger partial charge in [-0.15, -0.1) is 0 Å². The summed E-state index contributed by atoms with van der Waals surface area (Å²) in [5.74, 6) is 1.05. The molecule has 0 bridgehead atoms. The summed E-state index contributed by atoms with van der Waals surface area (Å²) in [6, 6.07) is 0.280. The van der Waals surface area contributed by atoms with Crippen molar-refractivity contribution in [3.8, 4) is 0 Å². The van der Waals surface area contributed by atoms with Gasteiger partial charge in [0.2, 0.25) is 0 Å². The maximum absolute atomic E-state index is 8.98. The van der Waals surface area contributed by atoms with Crippen LogP contribution >= 0.6 is 0 Å². The van der Waals surface area contributed by atoms with Crippen LogP contribution in [0.25, 0.3) is 0 Å². The van der Waals surface area contributed by atoms with E-state index in [0.717, 1.165) is 37.3 Å². The van der Waals surface area contributed by atoms with Crippen LogP contribution in [0.2, 0.25) is 0 Å². The summed E-state index contributed by atoms with van der Waals surface area (Å²) in [7, 11) is 0. The van der Waals surface area contributed by atoms with E-state index in [-0.39, 0.29) is 12.6 Å². The predicted molar refractivity (Wildman–Crippen MR) is 67.3 cm³/mol. The van der Waals surface area contributed by atoms with Gasteiger partial charge in [0.15, 0.2) is 0 Å². The number of rotatable bonds is 5. The Morgan fingerprint density at radius 3 is 2.75 bits per heavy atom. The summed E-state index contributed by atoms with van der Waals surface area (Å²) in [4.78, 5) is 6.59. The summed E-state index contributed by atoms with van der Waals surface area (Å²) >= 11 is 0. The molecule has 3 N–H and O–H groups in total. The summed E-state index contributed by atoms with van der Waals surface area (Å²) in [5, 5.41) is 8.98. The molecule has 16 heavy (non-hydrogen) atoms. The van der Waals surface area contributed by atoms with Crippen molar-refractivity contribution in [2.24, 2.45) is 10.7 Å². The number of likely N-dealkylation sites (tertiary alicyclic amines) is 1. The normalized spacial score (nSPS) is 18.6. The van der Waals surface area contributed by atoms with Gasteiger partial charge in [0.05, 0.1) is 6.61 Å². The Hall–Kier alpha value is -1.13. The van der Waals surface area contributed by atoms with Gasteiger partial charge in [-0.2, -0.15) is 0 Å². The minimum absolute atomic E-state index is 0.0219. The second-order valence-electron chi connectivity index (χ2n) is 4.03. The lowest BCUT2D eigenvalue weighted by atomic mass is 10.1. The maximum atomic E-state index is 8.98. The van der Waals surface area contributed by atoms with Gasteiger partial charge in [-0.05, 0) is 12.0 Å². The first-order valence-electron chi connectivity index (χ1n) is 5.70. The molecule has 0 amide bonds. The summed E-state index contributed by atoms with van der Waals surface area (Å²) in [5.41, 5.74) is 6.48. The Morgan fingerprint density at radius 1 is 1.62 bits per heavy atom. The summed E-state index contributed by atoms with van der Waals surface area (Å²) in [6.07, 6.45) is 5.30. The van der Waals surface area contributed by atoms with Gasteiger partial charge in [-0.25, -0.2) is 4.99 Å². The van der Waals surface area contributed by atoms with E-state index >= 15 is 0 Å². The monoisotopic (exact) mass is 223 g/mol. The second kappa shape index (κ2) is 6.45. The molecule has 1 fully saturated rings. The average molecular weight is 223 g/mol. The first kappa shape index (κ1) is 12.9. The molecule has 0 aliphatic carbocycles. The first-order valence-corrected chi connectivity index (χ1v) is 5.70. The van der Waals surface area contributed by atoms with Gasteiger partial charge in [-0.3, -0.25) is 0 Å². The average Bonchev–Trinajstić information content (AvgIpc) is 2.25. The highest BCUT2D eigenvalue weighted by Gasteiger charge is 2.25. The molecule has 0 spiro atoms. The van der Waals surface area contributed by atoms with E-state index in [1.807, 2.05) is 0 Å². The number of nitrogens with zero attached hydrogens (tertiary/aromatic N) is 2. The molecule has 0 unspecified atom stereocenters. The van der Waals surface area contributed by atoms with Crippen LogP contribution in [0.3, 0.4) is 0 Å². The Bertz CT molecular complexity index is 291. The van der Waals surface area contributed by atoms with Crippen LogP contribution in [0, 0.1) is 0 Å². The van der Waals surface area contributed by atoms with Crippen LogP contribution in [0.4, 0.5) is 0 Å². The molecule has 90 valence electrons. The molecule has 0 radical (unpaired) electrons. The first-order chi connectivity index (χ1) is 7.71. The van der Waals surface area contributed by atoms with E-state index in [1.165, 1.54) is 0 Å². The molecule has 0 aromatic heterocycles. The Morgan fingerprint density at radius 2 is 2.31 bits per heavy atom. The quantitative estimate of drug-likeness (QED) is 0.413. The van der Waals surface area contributed by atoms with E-state index in [9.17, 15) is 0 Å². The zero-order chi connectivity index (χ0) is 12.0. The molecule has 0 saturated carbocycles. The lowest BCUT2D eigenvalue weighted by Gasteiger charge is -2.39. The number of aliphatic imine (C=N–C) groups is 1. The van der Waals surface area contributed by atoms with Crippen molar-refractivity contribution >= 4 is 5.84 Å². The number of aliphatic hydroxyl groups excluding tert-OH is 1. The number of hydrogen-bond acceptors (Lipinski definition) is 3. The number of aliphatic hydroxyl groups is 1. The molecule has 1 rings (SSSR count). The second-order valence-corrected chi connectivity index (χ2v) is 4.03. The summed E-state index contributed by atoms with van der Waals surface area (Å²) in [6.45, 7) is 7.49. The number of hydrogen-bond donors (Lipinski definition) is 2. The Kier molecular flexibility index (Phi) is 5.22. The molecular formula is C12H21N3O. The van der Waals surface area contributed by atoms with E-state index in [4.69, 9.17) is 10.8 Å². The van der Waals surface area contributed by atoms with Crippen molar-refractivity contribution in [1.82, 2.24) is 4.90 Å². The highest BCUT2D eigenvalue weighted by Crippen LogP contribution is 2.11. The topological polar surface area (TPSA) is 61.8 Å². The zero-order valence-corrected chi connectivity index (χ0v) is 9.89. The van der Waals surface area contributed by atoms with E-state index in [1.54, 1.807) is 12.3 Å². The molecule has 1 saturated heterocycles. The van der Waals surface area contributed by atoms with Crippen LogP contribution in [0.15, 0.2) is 29.4 Å². The van der Waals surface area contributed by atoms with Gasteiger partial charge in [0.1, 0.15) is 5.84 Å². The van der Waals surface area contributed by atoms with E-state index in [2.05, 4.69) is 23.4 Å². The van der Waals surface area contributed by atoms with Gasteiger partial charge < -0.3 is 15.7 Å². The van der Waals surface area contributed by atoms with Crippen molar-refractivity contribution in [3.63, 3.8) is 0 Å². The van der Waals surface area contributed by atoms with Gasteiger partial charge >= 0.3 is 0 Å². The molecule has 4 nitrogen and oxygen atoms in total. The molecule has 1 aliphatic heterocycles. The molecule has 1 heterocycles. The number of amidine groups is 1. The molecule has 0 aromatic carbocycles. The van der Waals surface area contributed by atoms with Gasteiger partial charge in [0.25, 0.3) is 0 Å². The Labute approximate surface area is 97.2 Å². The molecular weight excluding hydrogens is 202 g/mol. The standard InChI is InChI=1S/C12H21N3O/c1-3-5-12(15-7-11(13)8-15)14-6-10(4-2)9-16/h4,6,11,16H,2-3,5,7-9,13H2,1H3/b10-6+,14-12?. The molecule has 0 atom stereocenters. The van der Waals surface area contributed by atoms with Crippen molar-refractivity contribution in [1.29, 1.82) is 0 Å². The van der Waals surface area contributed by atoms with Crippen LogP contribution in [-0.4, -0.2) is 41.6 Å². The van der Waals surface area contributed by atoms with Crippen LogP contribution in [0.5, 0.6) is 0 Å². The third kappa shape index (κ3) is 3.47. The van der Waals surface area contributed by atoms with E-state index in [0.29, 0.717) is 0 Å². The zero-order valence-electron chi connectivity index (χ0n) is 9.89. The minimum atomic E-state index is -0.0219. The minimum Gasteiger partial charge on any atom is -0.392 e. The smallest absolute Gasteiger partial charge is 0.104 e. The Balaban J connectivity index is 2.65. The van der Waals surface area contributed by atoms with Crippen molar-refractivity contribution in [2.45, 2.75) is 25.8 Å². The molecule has 1 aliphatic rings. The lowest BCUT2D eigenvalue weighted by Crippen LogP contribution is -2.57. The van der Waals surface area contributed by atoms with Crippen LogP contribution in [0.1, 0.15) is 19.8 Å². The largest absolute Gasteiger partial charge is 0.392 e. The fraction of sp³-hybridized carbons (Fsp3) is 0.583. The lowest BCUT2D eigenvalue weighted by molar-refractivity contribution is 0.249. The van der Waals surface area contributed by atoms with Crippen molar-refractivity contribution in [3.05, 3.63) is 24.4 Å². The third-order valence-corrected chi connectivity index (χ3v) is 2.57. The van der Waals surface area contributed by atoms with Gasteiger partial charge in [0, 0.05) is 31.8 Å². The van der Waals surface area contributed by atoms with Gasteiger partial charge in [-0.1, -0.05) is 19.6 Å². The summed E-state index contributed by atoms with van der Waals surface area (Å²) < 4.78 is 0. The highest BCUT2D eigenvalue weighted by atomic mass is 16.3. The predicted octanol–water partition coefficient (Wildman–Crippen LogP) is 0.890. The molecule has 0 aromatic rings. The molecule has 4 heteroatoms. The van der Waals surface area contributed by atoms with Crippen LogP contribution in [-0.2, 0) is 0 Å². The highest BCUT2D eigenvalue weighted by molar-refractivity contribution is 5.83. The number of nitrogens with two attached hydrogens (primary N) is 1. The fourth-order valence-corrected chi connectivity index (χ4v) is 1.57. The maximum Gasteiger partial charge on any atom is 0.104 e. The SMILES string of the molecule is C=C/C(=C\N=C(CCC)N1CC(N)C1)CO. The van der Waals surface area contributed by atoms with Crippen LogP contribution < -0.4 is 5.73 Å². The third-order valence-electron chi connectivity index (χ3n) is 2.57. The van der Waals surface area contributed by atoms with Crippen molar-refractivity contribution in [2.75, 3.05) is 19.7 Å².